The van der Waals surface area contributed by atoms with Crippen molar-refractivity contribution in [2.75, 3.05) is 0 Å². The Balaban J connectivity index is 5.85. The Labute approximate surface area is 166 Å². The Hall–Kier alpha value is -0.400. The average Bonchev–Trinajstić information content (AvgIpc) is 2.15. The van der Waals surface area contributed by atoms with Crippen molar-refractivity contribution in [3.8, 4) is 0 Å². The van der Waals surface area contributed by atoms with Crippen LogP contribution in [0, 0.1) is 21.7 Å². The average molecular weight is 367 g/mol. The van der Waals surface area contributed by atoms with E-state index >= 15 is 0 Å². The van der Waals surface area contributed by atoms with Crippen LogP contribution in [0.2, 0.25) is 0 Å². The molecule has 0 aromatic heterocycles. The number of azo groups is 1. The van der Waals surface area contributed by atoms with E-state index in [-0.39, 0.29) is 32.7 Å². The molecule has 0 radical (unpaired) electrons. The molecule has 0 aliphatic rings. The minimum Gasteiger partial charge on any atom is -0.187 e. The molecule has 0 unspecified atom stereocenters. The van der Waals surface area contributed by atoms with Crippen LogP contribution in [-0.4, -0.2) is 11.1 Å². The first-order valence-electron chi connectivity index (χ1n) is 10.5. The summed E-state index contributed by atoms with van der Waals surface area (Å²) in [6, 6.07) is 0. The van der Waals surface area contributed by atoms with E-state index in [0.29, 0.717) is 0 Å². The van der Waals surface area contributed by atoms with E-state index in [2.05, 4.69) is 96.9 Å². The molecule has 0 aromatic carbocycles. The molecule has 0 saturated carbocycles. The van der Waals surface area contributed by atoms with Crippen molar-refractivity contribution in [1.82, 2.24) is 0 Å². The molecule has 0 heterocycles. The highest BCUT2D eigenvalue weighted by Gasteiger charge is 2.38. The zero-order valence-corrected chi connectivity index (χ0v) is 20.7. The maximum Gasteiger partial charge on any atom is 0.0798 e. The van der Waals surface area contributed by atoms with E-state index in [9.17, 15) is 0 Å². The topological polar surface area (TPSA) is 24.7 Å². The van der Waals surface area contributed by atoms with Gasteiger partial charge in [0.2, 0.25) is 0 Å². The van der Waals surface area contributed by atoms with E-state index in [1.54, 1.807) is 0 Å². The summed E-state index contributed by atoms with van der Waals surface area (Å²) in [5.74, 6) is 0. The molecule has 0 fully saturated rings. The molecule has 2 heteroatoms. The van der Waals surface area contributed by atoms with Gasteiger partial charge in [-0.05, 0) is 61.2 Å². The highest BCUT2D eigenvalue weighted by Crippen LogP contribution is 2.42. The zero-order chi connectivity index (χ0) is 21.2. The van der Waals surface area contributed by atoms with Gasteiger partial charge in [0.1, 0.15) is 0 Å². The second-order valence-electron chi connectivity index (χ2n) is 14.1. The van der Waals surface area contributed by atoms with Gasteiger partial charge in [0, 0.05) is 0 Å². The van der Waals surface area contributed by atoms with Gasteiger partial charge in [0.15, 0.2) is 0 Å². The molecule has 0 N–H and O–H groups in total. The smallest absolute Gasteiger partial charge is 0.0798 e. The fraction of sp³-hybridized carbons (Fsp3) is 1.00. The Morgan fingerprint density at radius 2 is 0.500 bits per heavy atom. The summed E-state index contributed by atoms with van der Waals surface area (Å²) in [6.07, 6.45) is 4.23. The molecule has 156 valence electrons. The fourth-order valence-electron chi connectivity index (χ4n) is 5.08. The standard InChI is InChI=1S/C24H50N2/c1-19(2,3)15-23(13,16-20(4,5)6)25-26-24(14,17-21(7,8)9)18-22(10,11)12/h15-18H2,1-14H3. The Morgan fingerprint density at radius 3 is 0.615 bits per heavy atom. The second kappa shape index (κ2) is 7.92. The maximum absolute atomic E-state index is 5.09. The lowest BCUT2D eigenvalue weighted by Crippen LogP contribution is -2.36. The van der Waals surface area contributed by atoms with E-state index < -0.39 is 0 Å². The minimum absolute atomic E-state index is 0.118. The minimum atomic E-state index is -0.118. The van der Waals surface area contributed by atoms with E-state index in [1.807, 2.05) is 0 Å². The van der Waals surface area contributed by atoms with Crippen LogP contribution >= 0.6 is 0 Å². The summed E-state index contributed by atoms with van der Waals surface area (Å²) in [4.78, 5) is 0. The molecule has 0 aliphatic carbocycles. The van der Waals surface area contributed by atoms with Crippen molar-refractivity contribution in [2.24, 2.45) is 31.9 Å². The van der Waals surface area contributed by atoms with Gasteiger partial charge in [-0.1, -0.05) is 83.1 Å². The molecule has 0 rings (SSSR count). The van der Waals surface area contributed by atoms with Gasteiger partial charge in [0.25, 0.3) is 0 Å². The van der Waals surface area contributed by atoms with E-state index in [4.69, 9.17) is 10.2 Å². The fourth-order valence-corrected chi connectivity index (χ4v) is 5.08. The third kappa shape index (κ3) is 12.9. The van der Waals surface area contributed by atoms with Crippen LogP contribution < -0.4 is 0 Å². The maximum atomic E-state index is 5.09. The summed E-state index contributed by atoms with van der Waals surface area (Å²) in [7, 11) is 0. The van der Waals surface area contributed by atoms with Gasteiger partial charge in [-0.3, -0.25) is 0 Å². The van der Waals surface area contributed by atoms with Gasteiger partial charge >= 0.3 is 0 Å². The Kier molecular flexibility index (Phi) is 7.80. The lowest BCUT2D eigenvalue weighted by atomic mass is 9.72. The van der Waals surface area contributed by atoms with Crippen molar-refractivity contribution >= 4 is 0 Å². The summed E-state index contributed by atoms with van der Waals surface area (Å²) in [6.45, 7) is 32.4. The van der Waals surface area contributed by atoms with Crippen molar-refractivity contribution in [2.45, 2.75) is 134 Å². The number of nitrogens with zero attached hydrogens (tertiary/aromatic N) is 2. The van der Waals surface area contributed by atoms with Crippen LogP contribution in [0.5, 0.6) is 0 Å². The summed E-state index contributed by atoms with van der Waals surface area (Å²) >= 11 is 0. The molecular formula is C24H50N2. The zero-order valence-electron chi connectivity index (χ0n) is 20.7. The third-order valence-corrected chi connectivity index (χ3v) is 4.18. The van der Waals surface area contributed by atoms with Crippen molar-refractivity contribution in [1.29, 1.82) is 0 Å². The summed E-state index contributed by atoms with van der Waals surface area (Å²) in [5.41, 5.74) is 0.723. The highest BCUT2D eigenvalue weighted by molar-refractivity contribution is 4.94. The van der Waals surface area contributed by atoms with Crippen molar-refractivity contribution in [3.05, 3.63) is 0 Å². The Bertz CT molecular complexity index is 382. The van der Waals surface area contributed by atoms with Gasteiger partial charge < -0.3 is 0 Å². The molecule has 0 bridgehead atoms. The van der Waals surface area contributed by atoms with Crippen molar-refractivity contribution < 1.29 is 0 Å². The molecule has 0 aliphatic heterocycles. The van der Waals surface area contributed by atoms with Crippen molar-refractivity contribution in [3.63, 3.8) is 0 Å². The molecule has 26 heavy (non-hydrogen) atoms. The van der Waals surface area contributed by atoms with Crippen LogP contribution in [0.4, 0.5) is 0 Å². The third-order valence-electron chi connectivity index (χ3n) is 4.18. The van der Waals surface area contributed by atoms with Crippen LogP contribution in [0.25, 0.3) is 0 Å². The normalized spacial score (nSPS) is 15.8. The quantitative estimate of drug-likeness (QED) is 0.420. The van der Waals surface area contributed by atoms with Gasteiger partial charge in [0.05, 0.1) is 11.1 Å². The van der Waals surface area contributed by atoms with E-state index in [0.717, 1.165) is 25.7 Å². The van der Waals surface area contributed by atoms with E-state index in [1.165, 1.54) is 0 Å². The molecule has 2 nitrogen and oxygen atoms in total. The molecule has 0 spiro atoms. The summed E-state index contributed by atoms with van der Waals surface area (Å²) in [5, 5.41) is 10.2. The lowest BCUT2D eigenvalue weighted by Gasteiger charge is -2.39. The second-order valence-corrected chi connectivity index (χ2v) is 14.1. The number of rotatable bonds is 6. The van der Waals surface area contributed by atoms with Crippen LogP contribution in [0.3, 0.4) is 0 Å². The van der Waals surface area contributed by atoms with Crippen LogP contribution in [0.15, 0.2) is 10.2 Å². The van der Waals surface area contributed by atoms with Crippen LogP contribution in [-0.2, 0) is 0 Å². The first-order valence-corrected chi connectivity index (χ1v) is 10.5. The number of hydrogen-bond acceptors (Lipinski definition) is 2. The molecular weight excluding hydrogens is 316 g/mol. The van der Waals surface area contributed by atoms with Gasteiger partial charge in [-0.2, -0.15) is 10.2 Å². The predicted octanol–water partition coefficient (Wildman–Crippen LogP) is 8.70. The van der Waals surface area contributed by atoms with Gasteiger partial charge in [-0.25, -0.2) is 0 Å². The summed E-state index contributed by atoms with van der Waals surface area (Å²) < 4.78 is 0. The van der Waals surface area contributed by atoms with Gasteiger partial charge in [-0.15, -0.1) is 0 Å². The lowest BCUT2D eigenvalue weighted by molar-refractivity contribution is 0.163. The largest absolute Gasteiger partial charge is 0.187 e. The first-order chi connectivity index (χ1) is 11.0. The monoisotopic (exact) mass is 366 g/mol. The Morgan fingerprint density at radius 1 is 0.346 bits per heavy atom. The molecule has 0 saturated heterocycles. The molecule has 0 atom stereocenters. The highest BCUT2D eigenvalue weighted by atomic mass is 15.2. The molecule has 0 amide bonds. The SMILES string of the molecule is CC(C)(C)CC(C)(CC(C)(C)C)N=NC(C)(CC(C)(C)C)CC(C)(C)C. The molecule has 0 aromatic rings. The first kappa shape index (κ1) is 25.6. The predicted molar refractivity (Wildman–Crippen MR) is 118 cm³/mol. The van der Waals surface area contributed by atoms with Crippen LogP contribution in [0.1, 0.15) is 123 Å². The number of hydrogen-bond donors (Lipinski definition) is 0.